The van der Waals surface area contributed by atoms with E-state index in [1.54, 1.807) is 0 Å². The Bertz CT molecular complexity index is 550. The van der Waals surface area contributed by atoms with Crippen LogP contribution in [0.3, 0.4) is 0 Å². The highest BCUT2D eigenvalue weighted by Gasteiger charge is 2.34. The summed E-state index contributed by atoms with van der Waals surface area (Å²) >= 11 is 0. The lowest BCUT2D eigenvalue weighted by Crippen LogP contribution is -2.44. The minimum absolute atomic E-state index is 0.496. The summed E-state index contributed by atoms with van der Waals surface area (Å²) in [4.78, 5) is 11.4. The molecule has 0 atom stereocenters. The van der Waals surface area contributed by atoms with Gasteiger partial charge in [0.05, 0.1) is 13.6 Å². The average molecular weight is 322 g/mol. The van der Waals surface area contributed by atoms with E-state index < -0.39 is 22.3 Å². The molecular weight excluding hydrogens is 294 g/mol. The largest absolute Gasteiger partial charge is 0.478 e. The number of rotatable bonds is 4. The van der Waals surface area contributed by atoms with E-state index in [0.29, 0.717) is 5.56 Å². The molecule has 1 saturated heterocycles. The minimum Gasteiger partial charge on any atom is -0.478 e. The minimum atomic E-state index is -1.65. The number of hydrogen-bond donors (Lipinski definition) is 1. The first-order valence-electron chi connectivity index (χ1n) is 7.73. The number of hydrogen-bond acceptors (Lipinski definition) is 2. The van der Waals surface area contributed by atoms with Gasteiger partial charge in [-0.1, -0.05) is 44.9 Å². The second-order valence-electron chi connectivity index (χ2n) is 7.77. The molecule has 116 valence electrons. The Morgan fingerprint density at radius 1 is 1.33 bits per heavy atom. The molecule has 1 N–H and O–H groups in total. The fourth-order valence-corrected chi connectivity index (χ4v) is 7.50. The van der Waals surface area contributed by atoms with Crippen LogP contribution >= 0.6 is 0 Å². The van der Waals surface area contributed by atoms with Gasteiger partial charge in [-0.15, -0.1) is 0 Å². The van der Waals surface area contributed by atoms with Gasteiger partial charge in [0.2, 0.25) is 0 Å². The van der Waals surface area contributed by atoms with E-state index in [4.69, 9.17) is 0 Å². The van der Waals surface area contributed by atoms with E-state index in [9.17, 15) is 9.90 Å². The molecular formula is C16H27NO2Si2. The highest BCUT2D eigenvalue weighted by Crippen LogP contribution is 2.27. The molecule has 1 aromatic rings. The first-order chi connectivity index (χ1) is 9.61. The Balaban J connectivity index is 2.32. The van der Waals surface area contributed by atoms with Gasteiger partial charge in [-0.3, -0.25) is 0 Å². The van der Waals surface area contributed by atoms with Crippen molar-refractivity contribution < 1.29 is 9.90 Å². The number of carboxylic acid groups (broad SMARTS) is 1. The Kier molecular flexibility index (Phi) is 4.47. The molecule has 21 heavy (non-hydrogen) atoms. The van der Waals surface area contributed by atoms with Gasteiger partial charge in [-0.2, -0.15) is 0 Å². The second kappa shape index (κ2) is 5.70. The van der Waals surface area contributed by atoms with Crippen molar-refractivity contribution in [3.63, 3.8) is 0 Å². The zero-order chi connectivity index (χ0) is 15.8. The lowest BCUT2D eigenvalue weighted by molar-refractivity contribution is 0.0698. The Hall–Kier alpha value is -0.916. The third-order valence-corrected chi connectivity index (χ3v) is 10.3. The van der Waals surface area contributed by atoms with E-state index in [1.165, 1.54) is 24.6 Å². The van der Waals surface area contributed by atoms with Crippen molar-refractivity contribution >= 4 is 27.5 Å². The first kappa shape index (κ1) is 16.5. The summed E-state index contributed by atoms with van der Waals surface area (Å²) in [5, 5.41) is 10.5. The lowest BCUT2D eigenvalue weighted by Gasteiger charge is -2.30. The van der Waals surface area contributed by atoms with Crippen LogP contribution in [0.15, 0.2) is 18.2 Å². The van der Waals surface area contributed by atoms with Crippen LogP contribution in [-0.4, -0.2) is 38.5 Å². The van der Waals surface area contributed by atoms with Gasteiger partial charge < -0.3 is 9.67 Å². The molecule has 3 nitrogen and oxygen atoms in total. The van der Waals surface area contributed by atoms with E-state index >= 15 is 0 Å². The van der Waals surface area contributed by atoms with Crippen molar-refractivity contribution in [1.29, 1.82) is 0 Å². The number of nitrogens with zero attached hydrogens (tertiary/aromatic N) is 1. The van der Waals surface area contributed by atoms with E-state index in [-0.39, 0.29) is 0 Å². The maximum Gasteiger partial charge on any atom is 0.335 e. The summed E-state index contributed by atoms with van der Waals surface area (Å²) < 4.78 is 2.65. The summed E-state index contributed by atoms with van der Waals surface area (Å²) in [6, 6.07) is 7.37. The Labute approximate surface area is 130 Å². The maximum absolute atomic E-state index is 11.4. The van der Waals surface area contributed by atoms with Crippen molar-refractivity contribution in [2.45, 2.75) is 51.7 Å². The molecule has 1 aliphatic rings. The normalized spacial score (nSPS) is 18.9. The van der Waals surface area contributed by atoms with Crippen molar-refractivity contribution in [2.24, 2.45) is 0 Å². The van der Waals surface area contributed by atoms with Crippen LogP contribution in [0, 0.1) is 0 Å². The summed E-state index contributed by atoms with van der Waals surface area (Å²) in [5.74, 6) is -0.796. The number of carbonyl (C=O) groups is 1. The molecule has 0 unspecified atom stereocenters. The molecule has 1 aromatic carbocycles. The van der Waals surface area contributed by atoms with Gasteiger partial charge in [0.1, 0.15) is 8.24 Å². The molecule has 5 heteroatoms. The average Bonchev–Trinajstić information content (AvgIpc) is 2.67. The van der Waals surface area contributed by atoms with Crippen LogP contribution in [0.4, 0.5) is 0 Å². The van der Waals surface area contributed by atoms with Gasteiger partial charge in [-0.05, 0) is 35.8 Å². The van der Waals surface area contributed by atoms with Crippen LogP contribution in [0.2, 0.25) is 38.8 Å². The van der Waals surface area contributed by atoms with Gasteiger partial charge in [0.15, 0.2) is 0 Å². The fraction of sp³-hybridized carbons (Fsp3) is 0.562. The predicted molar refractivity (Wildman–Crippen MR) is 93.7 cm³/mol. The molecule has 0 amide bonds. The molecule has 1 aliphatic heterocycles. The number of benzene rings is 1. The molecule has 0 radical (unpaired) electrons. The summed E-state index contributed by atoms with van der Waals surface area (Å²) in [6.45, 7) is 13.7. The van der Waals surface area contributed by atoms with Gasteiger partial charge in [0.25, 0.3) is 0 Å². The summed E-state index contributed by atoms with van der Waals surface area (Å²) in [5.41, 5.74) is 1.77. The standard InChI is InChI=1S/C16H27NO2Si2/c1-20(2,3)15-11-13(7-8-14(15)16(18)19)12-17-9-6-10-21(17,4)5/h7-8,11H,6,9-10,12H2,1-5H3,(H,18,19). The van der Waals surface area contributed by atoms with Crippen LogP contribution in [0.25, 0.3) is 0 Å². The van der Waals surface area contributed by atoms with Crippen molar-refractivity contribution in [3.8, 4) is 0 Å². The van der Waals surface area contributed by atoms with Crippen molar-refractivity contribution in [3.05, 3.63) is 29.3 Å². The van der Waals surface area contributed by atoms with Gasteiger partial charge >= 0.3 is 5.97 Å². The van der Waals surface area contributed by atoms with E-state index in [0.717, 1.165) is 11.7 Å². The highest BCUT2D eigenvalue weighted by molar-refractivity contribution is 6.89. The smallest absolute Gasteiger partial charge is 0.335 e. The molecule has 0 aliphatic carbocycles. The molecule has 0 spiro atoms. The SMILES string of the molecule is C[Si](C)(C)c1cc(CN2CCC[Si]2(C)C)ccc1C(=O)O. The predicted octanol–water partition coefficient (Wildman–Crippen LogP) is 3.34. The van der Waals surface area contributed by atoms with Crippen molar-refractivity contribution in [1.82, 2.24) is 4.57 Å². The van der Waals surface area contributed by atoms with Gasteiger partial charge in [-0.25, -0.2) is 4.79 Å². The molecule has 0 bridgehead atoms. The molecule has 1 heterocycles. The first-order valence-corrected chi connectivity index (χ1v) is 14.4. The molecule has 2 rings (SSSR count). The number of aromatic carboxylic acids is 1. The zero-order valence-electron chi connectivity index (χ0n) is 13.9. The fourth-order valence-electron chi connectivity index (χ4n) is 3.17. The Morgan fingerprint density at radius 3 is 2.48 bits per heavy atom. The maximum atomic E-state index is 11.4. The monoisotopic (exact) mass is 321 g/mol. The molecule has 0 saturated carbocycles. The topological polar surface area (TPSA) is 40.5 Å². The molecule has 0 aromatic heterocycles. The Morgan fingerprint density at radius 2 is 2.00 bits per heavy atom. The van der Waals surface area contributed by atoms with Crippen LogP contribution < -0.4 is 5.19 Å². The quantitative estimate of drug-likeness (QED) is 0.865. The van der Waals surface area contributed by atoms with Crippen molar-refractivity contribution in [2.75, 3.05) is 6.54 Å². The zero-order valence-corrected chi connectivity index (χ0v) is 15.9. The van der Waals surface area contributed by atoms with Crippen LogP contribution in [0.1, 0.15) is 22.3 Å². The van der Waals surface area contributed by atoms with Gasteiger partial charge in [0, 0.05) is 6.54 Å². The second-order valence-corrected chi connectivity index (χ2v) is 17.6. The summed E-state index contributed by atoms with van der Waals surface area (Å²) in [7, 11) is -2.87. The lowest BCUT2D eigenvalue weighted by atomic mass is 10.1. The highest BCUT2D eigenvalue weighted by atomic mass is 28.3. The van der Waals surface area contributed by atoms with Crippen LogP contribution in [0.5, 0.6) is 0 Å². The van der Waals surface area contributed by atoms with E-state index in [1.807, 2.05) is 12.1 Å². The summed E-state index contributed by atoms with van der Waals surface area (Å²) in [6.07, 6.45) is 1.31. The third kappa shape index (κ3) is 3.65. The van der Waals surface area contributed by atoms with E-state index in [2.05, 4.69) is 43.4 Å². The van der Waals surface area contributed by atoms with Crippen LogP contribution in [-0.2, 0) is 6.54 Å². The third-order valence-electron chi connectivity index (χ3n) is 4.57. The molecule has 1 fully saturated rings. The number of carboxylic acids is 1.